The smallest absolute Gasteiger partial charge is 0.208 e. The Morgan fingerprint density at radius 3 is 0.900 bits per heavy atom. The topological polar surface area (TPSA) is 98.4 Å². The molecule has 0 aromatic rings. The Balaban J connectivity index is -0.000000218. The van der Waals surface area contributed by atoms with E-state index >= 15 is 0 Å². The van der Waals surface area contributed by atoms with Crippen molar-refractivity contribution in [3.05, 3.63) is 0 Å². The van der Waals surface area contributed by atoms with E-state index in [0.29, 0.717) is 0 Å². The van der Waals surface area contributed by atoms with Crippen LogP contribution in [0.5, 0.6) is 0 Å². The highest BCUT2D eigenvalue weighted by atomic mass is 32.3. The van der Waals surface area contributed by atoms with Crippen molar-refractivity contribution in [1.29, 1.82) is 0 Å². The molecule has 0 unspecified atom stereocenters. The molecular weight excluding hydrogens is 284 g/mol. The van der Waals surface area contributed by atoms with Crippen molar-refractivity contribution in [2.75, 3.05) is 39.3 Å². The zero-order valence-electron chi connectivity index (χ0n) is 13.7. The highest BCUT2D eigenvalue weighted by Gasteiger charge is 1.93. The van der Waals surface area contributed by atoms with Gasteiger partial charge in [0.2, 0.25) is 10.4 Å². The number of hydrogen-bond donors (Lipinski definition) is 2. The molecule has 0 aliphatic carbocycles. The first-order chi connectivity index (χ1) is 9.25. The van der Waals surface area contributed by atoms with Crippen LogP contribution in [-0.2, 0) is 14.7 Å². The molecule has 7 nitrogen and oxygen atoms in total. The van der Waals surface area contributed by atoms with Gasteiger partial charge in [-0.2, -0.15) is 0 Å². The standard InChI is InChI=1S/2C6H15N.H2O5S/c2*1-4-7(5-2)6-3;1-5-6(2,3)4/h2*4-6H2,1-3H3;1H,(H,2,3,4). The molecular formula is C12H32N2O5S. The predicted molar refractivity (Wildman–Crippen MR) is 76.0 cm³/mol. The molecule has 0 rings (SSSR count). The van der Waals surface area contributed by atoms with Crippen LogP contribution in [0.1, 0.15) is 41.5 Å². The lowest BCUT2D eigenvalue weighted by atomic mass is 10.5. The van der Waals surface area contributed by atoms with E-state index in [0.717, 1.165) is 0 Å². The lowest BCUT2D eigenvalue weighted by Crippen LogP contribution is -3.11. The Kier molecular flexibility index (Phi) is 20.8. The van der Waals surface area contributed by atoms with Crippen LogP contribution in [0.3, 0.4) is 0 Å². The lowest BCUT2D eigenvalue weighted by Gasteiger charge is -2.10. The molecule has 0 heterocycles. The second kappa shape index (κ2) is 16.8. The molecule has 0 atom stereocenters. The largest absolute Gasteiger partial charge is 0.726 e. The van der Waals surface area contributed by atoms with Gasteiger partial charge in [0.05, 0.1) is 39.3 Å². The molecule has 0 radical (unpaired) electrons. The van der Waals surface area contributed by atoms with E-state index < -0.39 is 10.4 Å². The Hall–Kier alpha value is -0.250. The van der Waals surface area contributed by atoms with Crippen LogP contribution < -0.4 is 15.1 Å². The van der Waals surface area contributed by atoms with Crippen molar-refractivity contribution in [2.24, 2.45) is 0 Å². The first-order valence-electron chi connectivity index (χ1n) is 7.20. The third kappa shape index (κ3) is 22.9. The first-order valence-corrected chi connectivity index (χ1v) is 8.53. The van der Waals surface area contributed by atoms with Gasteiger partial charge >= 0.3 is 0 Å². The van der Waals surface area contributed by atoms with Gasteiger partial charge in [-0.15, -0.1) is 0 Å². The maximum absolute atomic E-state index is 8.91. The molecule has 8 heteroatoms. The number of nitrogens with one attached hydrogen (secondary N) is 2. The van der Waals surface area contributed by atoms with Crippen LogP contribution in [-0.4, -0.2) is 52.2 Å². The van der Waals surface area contributed by atoms with Gasteiger partial charge in [0.15, 0.2) is 0 Å². The zero-order chi connectivity index (χ0) is 16.6. The predicted octanol–water partition coefficient (Wildman–Crippen LogP) is -2.40. The van der Waals surface area contributed by atoms with Gasteiger partial charge in [-0.05, 0) is 41.5 Å². The monoisotopic (exact) mass is 316 g/mol. The van der Waals surface area contributed by atoms with E-state index in [1.165, 1.54) is 39.3 Å². The van der Waals surface area contributed by atoms with Crippen molar-refractivity contribution >= 4 is 10.4 Å². The quantitative estimate of drug-likeness (QED) is 0.236. The van der Waals surface area contributed by atoms with E-state index in [2.05, 4.69) is 45.9 Å². The summed E-state index contributed by atoms with van der Waals surface area (Å²) in [6.07, 6.45) is 0. The fourth-order valence-corrected chi connectivity index (χ4v) is 1.50. The van der Waals surface area contributed by atoms with Gasteiger partial charge in [-0.1, -0.05) is 0 Å². The van der Waals surface area contributed by atoms with Crippen LogP contribution >= 0.6 is 0 Å². The van der Waals surface area contributed by atoms with Gasteiger partial charge in [0.25, 0.3) is 0 Å². The molecule has 0 fully saturated rings. The number of hydrogen-bond acceptors (Lipinski definition) is 5. The molecule has 0 bridgehead atoms. The summed E-state index contributed by atoms with van der Waals surface area (Å²) in [7, 11) is -4.97. The molecule has 0 aromatic heterocycles. The average Bonchev–Trinajstić information content (AvgIpc) is 2.43. The maximum Gasteiger partial charge on any atom is 0.208 e. The minimum Gasteiger partial charge on any atom is -0.726 e. The summed E-state index contributed by atoms with van der Waals surface area (Å²) in [4.78, 5) is 3.36. The van der Waals surface area contributed by atoms with E-state index in [9.17, 15) is 0 Å². The second-order valence-corrected chi connectivity index (χ2v) is 5.05. The first kappa shape index (κ1) is 24.7. The Labute approximate surface area is 124 Å². The molecule has 0 saturated heterocycles. The summed E-state index contributed by atoms with van der Waals surface area (Å²) in [5, 5.41) is 8.55. The van der Waals surface area contributed by atoms with Crippen LogP contribution in [0.4, 0.5) is 0 Å². The molecule has 0 aliphatic rings. The average molecular weight is 316 g/mol. The van der Waals surface area contributed by atoms with Crippen LogP contribution in [0.15, 0.2) is 0 Å². The Morgan fingerprint density at radius 1 is 0.750 bits per heavy atom. The molecule has 2 N–H and O–H groups in total. The summed E-state index contributed by atoms with van der Waals surface area (Å²) in [5.41, 5.74) is 0. The van der Waals surface area contributed by atoms with E-state index in [-0.39, 0.29) is 0 Å². The lowest BCUT2D eigenvalue weighted by molar-refractivity contribution is -0.894. The highest BCUT2D eigenvalue weighted by molar-refractivity contribution is 7.80. The molecule has 0 aromatic carbocycles. The highest BCUT2D eigenvalue weighted by Crippen LogP contribution is 1.69. The number of quaternary nitrogens is 2. The van der Waals surface area contributed by atoms with Gasteiger partial charge in [0.1, 0.15) is 0 Å². The minimum atomic E-state index is -4.97. The van der Waals surface area contributed by atoms with Gasteiger partial charge < -0.3 is 23.9 Å². The fraction of sp³-hybridized carbons (Fsp3) is 1.00. The summed E-state index contributed by atoms with van der Waals surface area (Å²) in [6.45, 7) is 21.0. The summed E-state index contributed by atoms with van der Waals surface area (Å²) in [5.74, 6) is 0. The third-order valence-corrected chi connectivity index (χ3v) is 3.25. The van der Waals surface area contributed by atoms with Crippen molar-refractivity contribution in [2.45, 2.75) is 41.5 Å². The Morgan fingerprint density at radius 2 is 0.900 bits per heavy atom. The van der Waals surface area contributed by atoms with Crippen LogP contribution in [0, 0.1) is 0 Å². The van der Waals surface area contributed by atoms with Crippen molar-refractivity contribution in [3.63, 3.8) is 0 Å². The molecule has 126 valence electrons. The summed E-state index contributed by atoms with van der Waals surface area (Å²) < 4.78 is 28.8. The zero-order valence-corrected chi connectivity index (χ0v) is 14.5. The van der Waals surface area contributed by atoms with Gasteiger partial charge in [-0.25, -0.2) is 8.42 Å². The normalized spacial score (nSPS) is 10.7. The molecule has 0 saturated carbocycles. The fourth-order valence-electron chi connectivity index (χ4n) is 1.50. The Bertz CT molecular complexity index is 242. The van der Waals surface area contributed by atoms with Gasteiger partial charge in [0, 0.05) is 0 Å². The van der Waals surface area contributed by atoms with E-state index in [4.69, 9.17) is 18.2 Å². The number of rotatable bonds is 7. The van der Waals surface area contributed by atoms with Crippen LogP contribution in [0.25, 0.3) is 0 Å². The molecule has 0 aliphatic heterocycles. The summed E-state index contributed by atoms with van der Waals surface area (Å²) in [6, 6.07) is 0. The SMILES string of the molecule is CC[NH+](CC)CC.CC[NH+](CC)CC.O=S(=O)([O-])O[O-]. The molecule has 20 heavy (non-hydrogen) atoms. The summed E-state index contributed by atoms with van der Waals surface area (Å²) >= 11 is 0. The maximum atomic E-state index is 8.91. The minimum absolute atomic E-state index is 1.27. The van der Waals surface area contributed by atoms with Crippen molar-refractivity contribution in [3.8, 4) is 0 Å². The third-order valence-electron chi connectivity index (χ3n) is 3.08. The molecule has 0 amide bonds. The van der Waals surface area contributed by atoms with Crippen molar-refractivity contribution < 1.29 is 32.4 Å². The van der Waals surface area contributed by atoms with E-state index in [1.54, 1.807) is 9.80 Å². The van der Waals surface area contributed by atoms with Gasteiger partial charge in [-0.3, -0.25) is 0 Å². The molecule has 0 spiro atoms. The van der Waals surface area contributed by atoms with Crippen molar-refractivity contribution in [1.82, 2.24) is 0 Å². The van der Waals surface area contributed by atoms with Crippen LogP contribution in [0.2, 0.25) is 0 Å². The van der Waals surface area contributed by atoms with E-state index in [1.807, 2.05) is 0 Å². The second-order valence-electron chi connectivity index (χ2n) is 4.10.